The lowest BCUT2D eigenvalue weighted by Crippen LogP contribution is -2.22. The highest BCUT2D eigenvalue weighted by Crippen LogP contribution is 2.21. The summed E-state index contributed by atoms with van der Waals surface area (Å²) in [5.74, 6) is 0.424. The van der Waals surface area contributed by atoms with Gasteiger partial charge in [0.05, 0.1) is 4.47 Å². The van der Waals surface area contributed by atoms with Crippen LogP contribution in [0.5, 0.6) is 5.75 Å². The number of hydrogen-bond donors (Lipinski definition) is 1. The molecule has 0 amide bonds. The fraction of sp³-hybridized carbons (Fsp3) is 0.571. The van der Waals surface area contributed by atoms with E-state index in [0.717, 1.165) is 13.1 Å². The Bertz CT molecular complexity index is 347. The second kappa shape index (κ2) is 9.34. The lowest BCUT2D eigenvalue weighted by Gasteiger charge is -2.08. The molecular weight excluding hydrogens is 297 g/mol. The summed E-state index contributed by atoms with van der Waals surface area (Å²) >= 11 is 3.13. The van der Waals surface area contributed by atoms with Crippen molar-refractivity contribution in [2.24, 2.45) is 0 Å². The zero-order valence-electron chi connectivity index (χ0n) is 10.8. The van der Waals surface area contributed by atoms with Crippen LogP contribution >= 0.6 is 15.9 Å². The monoisotopic (exact) mass is 317 g/mol. The molecular formula is C14H21BrFNO. The summed E-state index contributed by atoms with van der Waals surface area (Å²) in [5, 5.41) is 3.33. The number of nitrogens with one attached hydrogen (secondary N) is 1. The van der Waals surface area contributed by atoms with Crippen molar-refractivity contribution in [2.45, 2.75) is 32.6 Å². The Kier molecular flexibility index (Phi) is 8.01. The summed E-state index contributed by atoms with van der Waals surface area (Å²) in [5.41, 5.74) is 0. The maximum Gasteiger partial charge on any atom is 0.137 e. The maximum absolute atomic E-state index is 13.0. The van der Waals surface area contributed by atoms with Crippen molar-refractivity contribution in [3.63, 3.8) is 0 Å². The fourth-order valence-corrected chi connectivity index (χ4v) is 1.97. The van der Waals surface area contributed by atoms with Gasteiger partial charge in [0.2, 0.25) is 0 Å². The average Bonchev–Trinajstić information content (AvgIpc) is 2.37. The van der Waals surface area contributed by atoms with E-state index in [-0.39, 0.29) is 5.82 Å². The third kappa shape index (κ3) is 6.36. The smallest absolute Gasteiger partial charge is 0.137 e. The van der Waals surface area contributed by atoms with Crippen LogP contribution < -0.4 is 10.1 Å². The molecule has 4 heteroatoms. The molecule has 0 aromatic heterocycles. The summed E-state index contributed by atoms with van der Waals surface area (Å²) in [4.78, 5) is 0. The minimum Gasteiger partial charge on any atom is -0.492 e. The van der Waals surface area contributed by atoms with E-state index in [2.05, 4.69) is 28.2 Å². The van der Waals surface area contributed by atoms with Gasteiger partial charge >= 0.3 is 0 Å². The van der Waals surface area contributed by atoms with E-state index in [1.165, 1.54) is 31.7 Å². The molecule has 0 heterocycles. The van der Waals surface area contributed by atoms with Crippen LogP contribution in [0.2, 0.25) is 0 Å². The second-order valence-corrected chi connectivity index (χ2v) is 5.09. The van der Waals surface area contributed by atoms with Gasteiger partial charge in [0.15, 0.2) is 0 Å². The summed E-state index contributed by atoms with van der Waals surface area (Å²) in [7, 11) is 0. The van der Waals surface area contributed by atoms with Gasteiger partial charge in [0, 0.05) is 6.54 Å². The van der Waals surface area contributed by atoms with E-state index in [1.807, 2.05) is 0 Å². The molecule has 0 atom stereocenters. The maximum atomic E-state index is 13.0. The largest absolute Gasteiger partial charge is 0.492 e. The van der Waals surface area contributed by atoms with Crippen LogP contribution in [0.15, 0.2) is 22.7 Å². The van der Waals surface area contributed by atoms with Gasteiger partial charge in [-0.3, -0.25) is 0 Å². The van der Waals surface area contributed by atoms with Crippen LogP contribution in [0, 0.1) is 5.82 Å². The number of hydrogen-bond acceptors (Lipinski definition) is 2. The first-order valence-electron chi connectivity index (χ1n) is 6.52. The molecule has 0 radical (unpaired) electrons. The van der Waals surface area contributed by atoms with E-state index in [0.29, 0.717) is 16.8 Å². The Balaban J connectivity index is 2.05. The molecule has 2 nitrogen and oxygen atoms in total. The first-order chi connectivity index (χ1) is 8.74. The number of halogens is 2. The molecule has 0 fully saturated rings. The van der Waals surface area contributed by atoms with Crippen LogP contribution in [0.3, 0.4) is 0 Å². The van der Waals surface area contributed by atoms with E-state index in [4.69, 9.17) is 4.74 Å². The topological polar surface area (TPSA) is 21.3 Å². The third-order valence-corrected chi connectivity index (χ3v) is 3.25. The molecule has 0 saturated carbocycles. The van der Waals surface area contributed by atoms with Crippen molar-refractivity contribution in [1.82, 2.24) is 5.32 Å². The average molecular weight is 318 g/mol. The first-order valence-corrected chi connectivity index (χ1v) is 7.32. The summed E-state index contributed by atoms with van der Waals surface area (Å²) < 4.78 is 18.9. The van der Waals surface area contributed by atoms with Gasteiger partial charge in [-0.15, -0.1) is 0 Å². The standard InChI is InChI=1S/C14H21BrFNO/c1-2-3-4-5-8-17-9-10-18-12-6-7-14(16)13(15)11-12/h6-7,11,17H,2-5,8-10H2,1H3. The molecule has 0 aliphatic carbocycles. The predicted molar refractivity (Wildman–Crippen MR) is 76.6 cm³/mol. The highest BCUT2D eigenvalue weighted by atomic mass is 79.9. The SMILES string of the molecule is CCCCCCNCCOc1ccc(F)c(Br)c1. The Morgan fingerprint density at radius 2 is 2.06 bits per heavy atom. The van der Waals surface area contributed by atoms with Crippen molar-refractivity contribution in [1.29, 1.82) is 0 Å². The first kappa shape index (κ1) is 15.4. The van der Waals surface area contributed by atoms with Crippen LogP contribution in [0.1, 0.15) is 32.6 Å². The Labute approximate surface area is 117 Å². The van der Waals surface area contributed by atoms with Gasteiger partial charge in [-0.25, -0.2) is 4.39 Å². The molecule has 0 aliphatic heterocycles. The van der Waals surface area contributed by atoms with Crippen LogP contribution in [0.4, 0.5) is 4.39 Å². The van der Waals surface area contributed by atoms with Gasteiger partial charge < -0.3 is 10.1 Å². The van der Waals surface area contributed by atoms with Crippen LogP contribution in [-0.4, -0.2) is 19.7 Å². The molecule has 0 unspecified atom stereocenters. The summed E-state index contributed by atoms with van der Waals surface area (Å²) in [6.07, 6.45) is 5.08. The van der Waals surface area contributed by atoms with Gasteiger partial charge in [-0.2, -0.15) is 0 Å². The molecule has 1 N–H and O–H groups in total. The molecule has 0 spiro atoms. The van der Waals surface area contributed by atoms with Crippen molar-refractivity contribution in [3.05, 3.63) is 28.5 Å². The van der Waals surface area contributed by atoms with Crippen molar-refractivity contribution < 1.29 is 9.13 Å². The Hall–Kier alpha value is -0.610. The van der Waals surface area contributed by atoms with Crippen LogP contribution in [0.25, 0.3) is 0 Å². The molecule has 102 valence electrons. The van der Waals surface area contributed by atoms with Gasteiger partial charge in [0.1, 0.15) is 18.2 Å². The Morgan fingerprint density at radius 1 is 1.22 bits per heavy atom. The summed E-state index contributed by atoms with van der Waals surface area (Å²) in [6.45, 7) is 4.67. The van der Waals surface area contributed by atoms with E-state index >= 15 is 0 Å². The highest BCUT2D eigenvalue weighted by Gasteiger charge is 2.00. The molecule has 0 aliphatic rings. The number of ether oxygens (including phenoxy) is 1. The fourth-order valence-electron chi connectivity index (χ4n) is 1.61. The lowest BCUT2D eigenvalue weighted by molar-refractivity contribution is 0.313. The zero-order valence-corrected chi connectivity index (χ0v) is 12.4. The molecule has 1 aromatic rings. The molecule has 18 heavy (non-hydrogen) atoms. The zero-order chi connectivity index (χ0) is 13.2. The number of unbranched alkanes of at least 4 members (excludes halogenated alkanes) is 3. The number of rotatable bonds is 9. The van der Waals surface area contributed by atoms with E-state index < -0.39 is 0 Å². The highest BCUT2D eigenvalue weighted by molar-refractivity contribution is 9.10. The van der Waals surface area contributed by atoms with Crippen molar-refractivity contribution in [3.8, 4) is 5.75 Å². The van der Waals surface area contributed by atoms with E-state index in [9.17, 15) is 4.39 Å². The second-order valence-electron chi connectivity index (χ2n) is 4.24. The number of benzene rings is 1. The van der Waals surface area contributed by atoms with Crippen molar-refractivity contribution >= 4 is 15.9 Å². The van der Waals surface area contributed by atoms with Crippen molar-refractivity contribution in [2.75, 3.05) is 19.7 Å². The van der Waals surface area contributed by atoms with E-state index in [1.54, 1.807) is 12.1 Å². The predicted octanol–water partition coefficient (Wildman–Crippen LogP) is 4.14. The molecule has 1 aromatic carbocycles. The molecule has 1 rings (SSSR count). The quantitative estimate of drug-likeness (QED) is 0.691. The summed E-state index contributed by atoms with van der Waals surface area (Å²) in [6, 6.07) is 4.69. The molecule has 0 saturated heterocycles. The minimum absolute atomic E-state index is 0.267. The van der Waals surface area contributed by atoms with Gasteiger partial charge in [-0.1, -0.05) is 26.2 Å². The van der Waals surface area contributed by atoms with Crippen LogP contribution in [-0.2, 0) is 0 Å². The van der Waals surface area contributed by atoms with Gasteiger partial charge in [0.25, 0.3) is 0 Å². The minimum atomic E-state index is -0.267. The normalized spacial score (nSPS) is 10.6. The van der Waals surface area contributed by atoms with Gasteiger partial charge in [-0.05, 0) is 47.1 Å². The Morgan fingerprint density at radius 3 is 2.78 bits per heavy atom. The molecule has 0 bridgehead atoms. The third-order valence-electron chi connectivity index (χ3n) is 2.65. The lowest BCUT2D eigenvalue weighted by atomic mass is 10.2.